The highest BCUT2D eigenvalue weighted by Gasteiger charge is 2.76. The van der Waals surface area contributed by atoms with Crippen molar-refractivity contribution in [2.24, 2.45) is 56.2 Å². The van der Waals surface area contributed by atoms with Crippen LogP contribution in [0.4, 0.5) is 0 Å². The van der Waals surface area contributed by atoms with Crippen molar-refractivity contribution in [3.05, 3.63) is 34.9 Å². The molecule has 23 nitrogen and oxygen atoms in total. The molecule has 8 rings (SSSR count). The number of aliphatic hydroxyl groups is 11. The molecule has 0 radical (unpaired) electrons. The summed E-state index contributed by atoms with van der Waals surface area (Å²) in [7, 11) is 1.07. The van der Waals surface area contributed by atoms with E-state index < -0.39 is 199 Å². The number of hydrogen-bond acceptors (Lipinski definition) is 23. The van der Waals surface area contributed by atoms with E-state index in [9.17, 15) is 70.6 Å². The third-order valence-electron chi connectivity index (χ3n) is 22.5. The number of carbonyl (C=O) groups excluding carboxylic acids is 3. The lowest BCUT2D eigenvalue weighted by atomic mass is 9.32. The number of fused-ring (bicyclic) bond motifs is 7. The van der Waals surface area contributed by atoms with Crippen LogP contribution in [0.15, 0.2) is 34.9 Å². The Bertz CT molecular complexity index is 2510. The Hall–Kier alpha value is -3.05. The van der Waals surface area contributed by atoms with Crippen molar-refractivity contribution < 1.29 is 113 Å². The van der Waals surface area contributed by atoms with E-state index in [1.54, 1.807) is 6.92 Å². The molecule has 4 saturated carbocycles. The molecule has 0 bridgehead atoms. The van der Waals surface area contributed by atoms with Crippen molar-refractivity contribution in [1.29, 1.82) is 0 Å². The van der Waals surface area contributed by atoms with Crippen molar-refractivity contribution in [1.82, 2.24) is 0 Å². The summed E-state index contributed by atoms with van der Waals surface area (Å²) in [5.41, 5.74) is -2.86. The topological polar surface area (TPSA) is 357 Å². The van der Waals surface area contributed by atoms with Crippen molar-refractivity contribution in [2.45, 2.75) is 257 Å². The van der Waals surface area contributed by atoms with Crippen LogP contribution in [-0.4, -0.2) is 218 Å². The summed E-state index contributed by atoms with van der Waals surface area (Å²) in [6.45, 7) is 21.6. The third-order valence-corrected chi connectivity index (χ3v) is 22.5. The average Bonchev–Trinajstić information content (AvgIpc) is 0.712. The second-order valence-corrected chi connectivity index (χ2v) is 28.4. The molecule has 0 aromatic heterocycles. The number of carbonyl (C=O) groups is 3. The van der Waals surface area contributed by atoms with Gasteiger partial charge < -0.3 is 98.8 Å². The molecule has 7 fully saturated rings. The zero-order chi connectivity index (χ0) is 63.7. The molecule has 11 N–H and O–H groups in total. The first-order chi connectivity index (χ1) is 40.2. The number of aliphatic hydroxyl groups excluding tert-OH is 11. The van der Waals surface area contributed by atoms with E-state index in [0.717, 1.165) is 30.2 Å². The number of allylic oxidation sites excluding steroid dienone is 4. The van der Waals surface area contributed by atoms with Crippen LogP contribution in [0.3, 0.4) is 0 Å². The molecule has 3 heterocycles. The van der Waals surface area contributed by atoms with Crippen molar-refractivity contribution in [3.63, 3.8) is 0 Å². The zero-order valence-electron chi connectivity index (χ0n) is 52.3. The van der Waals surface area contributed by atoms with Crippen LogP contribution in [0.5, 0.6) is 0 Å². The number of rotatable bonds is 18. The standard InChI is InChI=1S/C63H100O23/c1-14-31(5)53(76)86-52-51(82-39(67)24-30(4)17-15-16-29(2)3)58(6,7)25-33-32-18-19-37-60(10)22-21-38(59(8,9)36(60)20-23-61(37,11)62(32,12)49(74)50(75)63(33,52)28-66)81-57-47(84-56-44(72)42(70)40(68)34(26-64)79-56)45(73)46(48(85-57)54(77)78-13)83-55-43(71)41(69)35(27-65)80-55/h16,18,24,31,33-38,40-52,55-57,64-66,68-75H,14-15,17,19-23,25-28H2,1-13H3/b30-24+/t31?,33-,34+,35-,36-,37+,38-,40+,41-,42-,43+,44+,45-,46-,47+,48-,49-,50+,51-,52-,55-,56-,57+,60-,61+,62-,63-/m0/s1. The van der Waals surface area contributed by atoms with Crippen molar-refractivity contribution >= 4 is 17.9 Å². The summed E-state index contributed by atoms with van der Waals surface area (Å²) >= 11 is 0. The van der Waals surface area contributed by atoms with Gasteiger partial charge in [-0.25, -0.2) is 9.59 Å². The molecule has 86 heavy (non-hydrogen) atoms. The lowest BCUT2D eigenvalue weighted by Crippen LogP contribution is -2.76. The zero-order valence-corrected chi connectivity index (χ0v) is 52.3. The van der Waals surface area contributed by atoms with E-state index in [2.05, 4.69) is 39.8 Å². The van der Waals surface area contributed by atoms with Gasteiger partial charge in [-0.1, -0.05) is 91.2 Å². The minimum Gasteiger partial charge on any atom is -0.467 e. The summed E-state index contributed by atoms with van der Waals surface area (Å²) in [5.74, 6) is -3.75. The van der Waals surface area contributed by atoms with E-state index in [1.807, 2.05) is 48.5 Å². The SMILES string of the molecule is CCC(C)C(=O)O[C@H]1[C@H](OC(=O)/C=C(\C)CCC=C(C)C)C(C)(C)C[C@H]2C3=CC[C@@H]4[C@@]5(C)CC[C@H](O[C@@H]6O[C@H](C(=O)OC)[C@@H](O[C@@H]7O[C@@H](CO)[C@H](O)[C@H]7O)[C@H](O)[C@H]6O[C@@H]6O[C@H](CO)[C@@H](O)[C@H](O)[C@H]6O)C(C)(C)[C@@H]5CC[C@@]4(C)[C@]3(C)[C@@H](O)[C@@H](O)[C@]21CO. The number of hydrogen-bond donors (Lipinski definition) is 11. The molecule has 0 aromatic rings. The minimum atomic E-state index is -1.99. The maximum atomic E-state index is 14.1. The van der Waals surface area contributed by atoms with Crippen LogP contribution >= 0.6 is 0 Å². The van der Waals surface area contributed by atoms with Gasteiger partial charge in [0.05, 0.1) is 56.6 Å². The molecule has 3 aliphatic heterocycles. The fourth-order valence-electron chi connectivity index (χ4n) is 17.1. The first-order valence-corrected chi connectivity index (χ1v) is 30.9. The van der Waals surface area contributed by atoms with Crippen LogP contribution in [0.25, 0.3) is 0 Å². The first-order valence-electron chi connectivity index (χ1n) is 30.9. The average molecular weight is 1230 g/mol. The van der Waals surface area contributed by atoms with Gasteiger partial charge in [0.25, 0.3) is 0 Å². The Morgan fingerprint density at radius 1 is 0.709 bits per heavy atom. The summed E-state index contributed by atoms with van der Waals surface area (Å²) < 4.78 is 54.8. The summed E-state index contributed by atoms with van der Waals surface area (Å²) in [6.07, 6.45) is -20.5. The van der Waals surface area contributed by atoms with Gasteiger partial charge in [0.1, 0.15) is 67.1 Å². The van der Waals surface area contributed by atoms with E-state index in [4.69, 9.17) is 42.6 Å². The molecule has 23 heteroatoms. The quantitative estimate of drug-likeness (QED) is 0.0308. The van der Waals surface area contributed by atoms with Gasteiger partial charge in [0.15, 0.2) is 31.1 Å². The van der Waals surface area contributed by atoms with Crippen LogP contribution < -0.4 is 0 Å². The summed E-state index contributed by atoms with van der Waals surface area (Å²) in [6, 6.07) is 0. The van der Waals surface area contributed by atoms with Gasteiger partial charge in [-0.05, 0) is 113 Å². The van der Waals surface area contributed by atoms with Crippen LogP contribution in [0.1, 0.15) is 141 Å². The molecule has 3 saturated heterocycles. The van der Waals surface area contributed by atoms with Gasteiger partial charge in [0, 0.05) is 16.9 Å². The van der Waals surface area contributed by atoms with Crippen LogP contribution in [-0.2, 0) is 57.0 Å². The Morgan fingerprint density at radius 3 is 1.90 bits per heavy atom. The largest absolute Gasteiger partial charge is 0.467 e. The fourth-order valence-corrected chi connectivity index (χ4v) is 17.1. The second-order valence-electron chi connectivity index (χ2n) is 28.4. The van der Waals surface area contributed by atoms with Crippen LogP contribution in [0.2, 0.25) is 0 Å². The molecule has 8 aliphatic rings. The number of esters is 3. The highest BCUT2D eigenvalue weighted by Crippen LogP contribution is 2.76. The Kier molecular flexibility index (Phi) is 20.7. The normalized spacial score (nSPS) is 46.5. The summed E-state index contributed by atoms with van der Waals surface area (Å²) in [4.78, 5) is 41.7. The molecule has 27 atom stereocenters. The number of methoxy groups -OCH3 is 1. The highest BCUT2D eigenvalue weighted by atomic mass is 16.8. The summed E-state index contributed by atoms with van der Waals surface area (Å²) in [5, 5.41) is 125. The maximum absolute atomic E-state index is 14.1. The molecule has 5 aliphatic carbocycles. The predicted molar refractivity (Wildman–Crippen MR) is 304 cm³/mol. The molecule has 0 aromatic carbocycles. The Labute approximate surface area is 504 Å². The maximum Gasteiger partial charge on any atom is 0.337 e. The van der Waals surface area contributed by atoms with Crippen LogP contribution in [0, 0.1) is 56.2 Å². The first kappa shape index (κ1) is 68.9. The molecule has 490 valence electrons. The van der Waals surface area contributed by atoms with E-state index in [1.165, 1.54) is 6.08 Å². The molecular weight excluding hydrogens is 1120 g/mol. The predicted octanol–water partition coefficient (Wildman–Crippen LogP) is 2.16. The van der Waals surface area contributed by atoms with Crippen molar-refractivity contribution in [2.75, 3.05) is 26.9 Å². The third kappa shape index (κ3) is 11.6. The van der Waals surface area contributed by atoms with Gasteiger partial charge in [-0.2, -0.15) is 0 Å². The lowest BCUT2D eigenvalue weighted by molar-refractivity contribution is -0.383. The van der Waals surface area contributed by atoms with E-state index >= 15 is 0 Å². The molecule has 0 spiro atoms. The van der Waals surface area contributed by atoms with E-state index in [-0.39, 0.29) is 11.8 Å². The van der Waals surface area contributed by atoms with Gasteiger partial charge in [-0.15, -0.1) is 0 Å². The second kappa shape index (κ2) is 25.9. The smallest absolute Gasteiger partial charge is 0.337 e. The fraction of sp³-hybridized carbons (Fsp3) is 0.857. The molecule has 0 amide bonds. The van der Waals surface area contributed by atoms with Gasteiger partial charge in [0.2, 0.25) is 0 Å². The molecular formula is C63H100O23. The Balaban J connectivity index is 1.12. The minimum absolute atomic E-state index is 0.122. The monoisotopic (exact) mass is 1220 g/mol. The van der Waals surface area contributed by atoms with Gasteiger partial charge >= 0.3 is 17.9 Å². The Morgan fingerprint density at radius 2 is 1.31 bits per heavy atom. The van der Waals surface area contributed by atoms with Crippen molar-refractivity contribution in [3.8, 4) is 0 Å². The van der Waals surface area contributed by atoms with E-state index in [0.29, 0.717) is 51.4 Å². The highest BCUT2D eigenvalue weighted by molar-refractivity contribution is 5.83. The van der Waals surface area contributed by atoms with Gasteiger partial charge in [-0.3, -0.25) is 4.79 Å². The lowest BCUT2D eigenvalue weighted by Gasteiger charge is -2.73. The molecule has 1 unspecified atom stereocenters. The number of ether oxygens (including phenoxy) is 9.